The maximum Gasteiger partial charge on any atom is 0.145 e. The molecule has 0 bridgehead atoms. The third-order valence-corrected chi connectivity index (χ3v) is 4.14. The van der Waals surface area contributed by atoms with Crippen LogP contribution < -0.4 is 10.6 Å². The first-order valence-corrected chi connectivity index (χ1v) is 8.52. The van der Waals surface area contributed by atoms with Gasteiger partial charge in [0.1, 0.15) is 5.82 Å². The lowest BCUT2D eigenvalue weighted by atomic mass is 10.2. The minimum absolute atomic E-state index is 0.544. The minimum Gasteiger partial charge on any atom is -0.365 e. The Morgan fingerprint density at radius 2 is 1.80 bits per heavy atom. The van der Waals surface area contributed by atoms with Crippen LogP contribution in [-0.2, 0) is 6.54 Å². The fourth-order valence-electron chi connectivity index (χ4n) is 2.33. The zero-order valence-corrected chi connectivity index (χ0v) is 15.0. The molecule has 0 aliphatic carbocycles. The highest BCUT2D eigenvalue weighted by Crippen LogP contribution is 2.25. The largest absolute Gasteiger partial charge is 0.365 e. The van der Waals surface area contributed by atoms with Gasteiger partial charge in [0.25, 0.3) is 0 Å². The Bertz CT molecular complexity index is 879. The van der Waals surface area contributed by atoms with Gasteiger partial charge < -0.3 is 10.6 Å². The molecule has 0 fully saturated rings. The second-order valence-electron chi connectivity index (χ2n) is 5.51. The predicted octanol–water partition coefficient (Wildman–Crippen LogP) is 6.08. The number of halogens is 2. The predicted molar refractivity (Wildman–Crippen MR) is 107 cm³/mol. The molecule has 1 heterocycles. The number of hydrogen-bond donors (Lipinski definition) is 2. The average Bonchev–Trinajstić information content (AvgIpc) is 2.61. The molecule has 3 rings (SSSR count). The van der Waals surface area contributed by atoms with Gasteiger partial charge >= 0.3 is 0 Å². The number of anilines is 2. The Labute approximate surface area is 157 Å². The van der Waals surface area contributed by atoms with E-state index >= 15 is 0 Å². The van der Waals surface area contributed by atoms with E-state index in [2.05, 4.69) is 22.2 Å². The summed E-state index contributed by atoms with van der Waals surface area (Å²) < 4.78 is 0. The molecular weight excluding hydrogens is 353 g/mol. The van der Waals surface area contributed by atoms with Gasteiger partial charge in [-0.05, 0) is 29.8 Å². The molecule has 3 aromatic rings. The van der Waals surface area contributed by atoms with Crippen molar-refractivity contribution in [3.63, 3.8) is 0 Å². The second kappa shape index (κ2) is 8.06. The molecule has 126 valence electrons. The van der Waals surface area contributed by atoms with Gasteiger partial charge in [0.05, 0.1) is 5.02 Å². The van der Waals surface area contributed by atoms with Gasteiger partial charge in [-0.15, -0.1) is 0 Å². The van der Waals surface area contributed by atoms with Crippen LogP contribution in [-0.4, -0.2) is 4.98 Å². The van der Waals surface area contributed by atoms with Gasteiger partial charge in [0.2, 0.25) is 0 Å². The summed E-state index contributed by atoms with van der Waals surface area (Å²) in [6.07, 6.45) is 1.74. The van der Waals surface area contributed by atoms with Crippen LogP contribution in [0.2, 0.25) is 10.0 Å². The normalized spacial score (nSPS) is 10.3. The van der Waals surface area contributed by atoms with Crippen LogP contribution in [0.25, 0.3) is 5.70 Å². The highest BCUT2D eigenvalue weighted by atomic mass is 35.5. The summed E-state index contributed by atoms with van der Waals surface area (Å²) in [5.41, 5.74) is 3.54. The quantitative estimate of drug-likeness (QED) is 0.552. The van der Waals surface area contributed by atoms with Crippen molar-refractivity contribution < 1.29 is 0 Å². The lowest BCUT2D eigenvalue weighted by Crippen LogP contribution is -2.03. The van der Waals surface area contributed by atoms with Crippen LogP contribution in [0, 0.1) is 0 Å². The lowest BCUT2D eigenvalue weighted by molar-refractivity contribution is 1.11. The fourth-order valence-corrected chi connectivity index (χ4v) is 2.75. The molecule has 0 saturated heterocycles. The molecule has 0 spiro atoms. The van der Waals surface area contributed by atoms with Crippen LogP contribution in [0.4, 0.5) is 11.5 Å². The Balaban J connectivity index is 1.67. The van der Waals surface area contributed by atoms with Crippen molar-refractivity contribution in [2.45, 2.75) is 6.54 Å². The summed E-state index contributed by atoms with van der Waals surface area (Å²) in [7, 11) is 0. The first kappa shape index (κ1) is 17.3. The molecule has 25 heavy (non-hydrogen) atoms. The van der Waals surface area contributed by atoms with Crippen molar-refractivity contribution in [2.75, 3.05) is 10.6 Å². The fraction of sp³-hybridized carbons (Fsp3) is 0.0500. The Kier molecular flexibility index (Phi) is 5.59. The molecule has 0 radical (unpaired) electrons. The number of nitrogens with one attached hydrogen (secondary N) is 2. The van der Waals surface area contributed by atoms with Crippen LogP contribution in [0.3, 0.4) is 0 Å². The second-order valence-corrected chi connectivity index (χ2v) is 6.35. The molecule has 2 N–H and O–H groups in total. The van der Waals surface area contributed by atoms with Crippen molar-refractivity contribution in [3.05, 3.63) is 94.6 Å². The molecule has 0 aliphatic rings. The van der Waals surface area contributed by atoms with Crippen LogP contribution in [0.5, 0.6) is 0 Å². The Morgan fingerprint density at radius 1 is 1.00 bits per heavy atom. The molecule has 0 amide bonds. The molecule has 3 nitrogen and oxygen atoms in total. The molecule has 0 unspecified atom stereocenters. The smallest absolute Gasteiger partial charge is 0.145 e. The van der Waals surface area contributed by atoms with Gasteiger partial charge in [0.15, 0.2) is 0 Å². The van der Waals surface area contributed by atoms with E-state index in [4.69, 9.17) is 23.2 Å². The summed E-state index contributed by atoms with van der Waals surface area (Å²) in [5.74, 6) is 0.643. The van der Waals surface area contributed by atoms with Crippen LogP contribution in [0.15, 0.2) is 73.4 Å². The van der Waals surface area contributed by atoms with Gasteiger partial charge in [-0.1, -0.05) is 66.2 Å². The van der Waals surface area contributed by atoms with Crippen LogP contribution in [0.1, 0.15) is 11.1 Å². The van der Waals surface area contributed by atoms with Crippen molar-refractivity contribution >= 4 is 40.4 Å². The maximum absolute atomic E-state index is 6.35. The van der Waals surface area contributed by atoms with Gasteiger partial charge in [-0.3, -0.25) is 0 Å². The first-order valence-electron chi connectivity index (χ1n) is 7.77. The molecular formula is C20H17Cl2N3. The van der Waals surface area contributed by atoms with Crippen molar-refractivity contribution in [1.82, 2.24) is 4.98 Å². The molecule has 1 aromatic heterocycles. The monoisotopic (exact) mass is 369 g/mol. The Hall–Kier alpha value is -2.49. The summed E-state index contributed by atoms with van der Waals surface area (Å²) >= 11 is 12.3. The highest BCUT2D eigenvalue weighted by Gasteiger charge is 2.07. The summed E-state index contributed by atoms with van der Waals surface area (Å²) in [6, 6.07) is 19.4. The number of nitrogens with zero attached hydrogens (tertiary/aromatic N) is 1. The zero-order chi connectivity index (χ0) is 17.6. The number of rotatable bonds is 6. The Morgan fingerprint density at radius 3 is 2.52 bits per heavy atom. The highest BCUT2D eigenvalue weighted by molar-refractivity contribution is 6.33. The van der Waals surface area contributed by atoms with Crippen molar-refractivity contribution in [2.24, 2.45) is 0 Å². The van der Waals surface area contributed by atoms with Crippen molar-refractivity contribution in [3.8, 4) is 0 Å². The zero-order valence-electron chi connectivity index (χ0n) is 13.5. The van der Waals surface area contributed by atoms with E-state index in [1.165, 1.54) is 0 Å². The van der Waals surface area contributed by atoms with Gasteiger partial charge in [-0.25, -0.2) is 4.98 Å². The molecule has 0 saturated carbocycles. The average molecular weight is 370 g/mol. The summed E-state index contributed by atoms with van der Waals surface area (Å²) in [4.78, 5) is 4.40. The molecule has 2 aromatic carbocycles. The van der Waals surface area contributed by atoms with E-state index in [0.717, 1.165) is 16.8 Å². The molecule has 5 heteroatoms. The SMILES string of the molecule is C=C(Nc1cccc(Cl)c1)c1cnc(NCc2ccccc2)c(Cl)c1. The third-order valence-electron chi connectivity index (χ3n) is 3.61. The van der Waals surface area contributed by atoms with Crippen LogP contribution >= 0.6 is 23.2 Å². The number of aromatic nitrogens is 1. The van der Waals surface area contributed by atoms with E-state index < -0.39 is 0 Å². The number of hydrogen-bond acceptors (Lipinski definition) is 3. The minimum atomic E-state index is 0.544. The number of pyridine rings is 1. The van der Waals surface area contributed by atoms with Gasteiger partial charge in [-0.2, -0.15) is 0 Å². The van der Waals surface area contributed by atoms with E-state index in [1.807, 2.05) is 60.7 Å². The van der Waals surface area contributed by atoms with E-state index in [-0.39, 0.29) is 0 Å². The molecule has 0 aliphatic heterocycles. The maximum atomic E-state index is 6.35. The van der Waals surface area contributed by atoms with E-state index in [0.29, 0.717) is 28.1 Å². The third kappa shape index (κ3) is 4.75. The molecule has 0 atom stereocenters. The van der Waals surface area contributed by atoms with E-state index in [1.54, 1.807) is 6.20 Å². The van der Waals surface area contributed by atoms with Gasteiger partial charge in [0, 0.05) is 34.7 Å². The number of benzene rings is 2. The van der Waals surface area contributed by atoms with E-state index in [9.17, 15) is 0 Å². The topological polar surface area (TPSA) is 37.0 Å². The summed E-state index contributed by atoms with van der Waals surface area (Å²) in [5, 5.41) is 7.65. The first-order chi connectivity index (χ1) is 12.1. The van der Waals surface area contributed by atoms with Crippen molar-refractivity contribution in [1.29, 1.82) is 0 Å². The standard InChI is InChI=1S/C20H17Cl2N3/c1-14(25-18-9-5-8-17(21)11-18)16-10-19(22)20(24-13-16)23-12-15-6-3-2-4-7-15/h2-11,13,25H,1,12H2,(H,23,24). The summed E-state index contributed by atoms with van der Waals surface area (Å²) in [6.45, 7) is 4.70. The lowest BCUT2D eigenvalue weighted by Gasteiger charge is -2.12.